The summed E-state index contributed by atoms with van der Waals surface area (Å²) in [6.07, 6.45) is 4.79. The highest BCUT2D eigenvalue weighted by Crippen LogP contribution is 2.30. The second-order valence-corrected chi connectivity index (χ2v) is 10.9. The van der Waals surface area contributed by atoms with Gasteiger partial charge in [-0.1, -0.05) is 12.1 Å². The van der Waals surface area contributed by atoms with Gasteiger partial charge in [0.25, 0.3) is 0 Å². The van der Waals surface area contributed by atoms with Gasteiger partial charge in [-0.15, -0.1) is 0 Å². The van der Waals surface area contributed by atoms with Gasteiger partial charge in [-0.25, -0.2) is 13.4 Å². The first kappa shape index (κ1) is 24.6. The van der Waals surface area contributed by atoms with Gasteiger partial charge < -0.3 is 15.0 Å². The highest BCUT2D eigenvalue weighted by Gasteiger charge is 2.24. The van der Waals surface area contributed by atoms with E-state index in [0.29, 0.717) is 34.6 Å². The molecule has 1 N–H and O–H groups in total. The summed E-state index contributed by atoms with van der Waals surface area (Å²) < 4.78 is 29.8. The lowest BCUT2D eigenvalue weighted by Crippen LogP contribution is -2.43. The average Bonchev–Trinajstić information content (AvgIpc) is 2.85. The highest BCUT2D eigenvalue weighted by molar-refractivity contribution is 7.90. The fourth-order valence-corrected chi connectivity index (χ4v) is 4.96. The van der Waals surface area contributed by atoms with Gasteiger partial charge in [0, 0.05) is 31.1 Å². The van der Waals surface area contributed by atoms with Gasteiger partial charge in [0.2, 0.25) is 11.8 Å². The predicted octanol–water partition coefficient (Wildman–Crippen LogP) is 3.92. The molecule has 3 aromatic rings. The van der Waals surface area contributed by atoms with Gasteiger partial charge in [-0.2, -0.15) is 10.2 Å². The smallest absolute Gasteiger partial charge is 0.229 e. The van der Waals surface area contributed by atoms with E-state index in [4.69, 9.17) is 9.72 Å². The number of rotatable bonds is 7. The number of sulfone groups is 1. The summed E-state index contributed by atoms with van der Waals surface area (Å²) in [6.45, 7) is 6.19. The number of benzene rings is 2. The van der Waals surface area contributed by atoms with Gasteiger partial charge in [0.05, 0.1) is 16.5 Å². The zero-order valence-electron chi connectivity index (χ0n) is 20.2. The maximum atomic E-state index is 11.8. The molecular weight excluding hydrogens is 462 g/mol. The van der Waals surface area contributed by atoms with Gasteiger partial charge in [-0.05, 0) is 80.7 Å². The third-order valence-electron chi connectivity index (χ3n) is 6.12. The van der Waals surface area contributed by atoms with E-state index in [1.165, 1.54) is 6.26 Å². The minimum atomic E-state index is -3.25. The Morgan fingerprint density at radius 3 is 2.37 bits per heavy atom. The Morgan fingerprint density at radius 1 is 1.11 bits per heavy atom. The van der Waals surface area contributed by atoms with Gasteiger partial charge in [-0.3, -0.25) is 0 Å². The van der Waals surface area contributed by atoms with Gasteiger partial charge in [0.15, 0.2) is 9.84 Å². The minimum Gasteiger partial charge on any atom is -0.438 e. The molecule has 0 amide bonds. The van der Waals surface area contributed by atoms with E-state index in [1.807, 2.05) is 26.0 Å². The van der Waals surface area contributed by atoms with E-state index in [0.717, 1.165) is 42.6 Å². The molecule has 2 aromatic carbocycles. The van der Waals surface area contributed by atoms with Crippen LogP contribution in [-0.2, 0) is 16.4 Å². The Hall–Kier alpha value is -3.48. The van der Waals surface area contributed by atoms with Gasteiger partial charge in [0.1, 0.15) is 5.75 Å². The molecule has 1 aliphatic rings. The number of aromatic nitrogens is 2. The molecule has 8 nitrogen and oxygen atoms in total. The summed E-state index contributed by atoms with van der Waals surface area (Å²) >= 11 is 0. The van der Waals surface area contributed by atoms with Crippen molar-refractivity contribution in [2.24, 2.45) is 0 Å². The first-order chi connectivity index (χ1) is 16.7. The van der Waals surface area contributed by atoms with Crippen LogP contribution in [0.15, 0.2) is 53.6 Å². The van der Waals surface area contributed by atoms with Crippen molar-refractivity contribution in [3.05, 3.63) is 70.9 Å². The molecule has 182 valence electrons. The Kier molecular flexibility index (Phi) is 7.34. The Labute approximate surface area is 206 Å². The standard InChI is InChI=1S/C26H29N5O3S/c1-18-14-21(16-27)15-19(2)25(18)34-24-10-13-29-26(30-24)31(22-8-11-28-12-9-22)17-20-4-6-23(7-5-20)35(3,32)33/h4-7,10,13-15,22,28H,8-9,11-12,17H2,1-3H3. The van der Waals surface area contributed by atoms with Crippen molar-refractivity contribution >= 4 is 15.8 Å². The van der Waals surface area contributed by atoms with E-state index in [-0.39, 0.29) is 6.04 Å². The quantitative estimate of drug-likeness (QED) is 0.530. The highest BCUT2D eigenvalue weighted by atomic mass is 32.2. The number of piperidine rings is 1. The van der Waals surface area contributed by atoms with E-state index < -0.39 is 9.84 Å². The maximum absolute atomic E-state index is 11.8. The summed E-state index contributed by atoms with van der Waals surface area (Å²) in [5.41, 5.74) is 3.30. The number of nitrogens with one attached hydrogen (secondary N) is 1. The Balaban J connectivity index is 1.63. The second-order valence-electron chi connectivity index (χ2n) is 8.87. The van der Waals surface area contributed by atoms with Crippen molar-refractivity contribution in [2.75, 3.05) is 24.2 Å². The zero-order chi connectivity index (χ0) is 25.0. The summed E-state index contributed by atoms with van der Waals surface area (Å²) in [5, 5.41) is 12.6. The lowest BCUT2D eigenvalue weighted by atomic mass is 10.0. The fraction of sp³-hybridized carbons (Fsp3) is 0.346. The van der Waals surface area contributed by atoms with Crippen LogP contribution < -0.4 is 15.0 Å². The largest absolute Gasteiger partial charge is 0.438 e. The molecule has 4 rings (SSSR count). The number of ether oxygens (including phenoxy) is 1. The first-order valence-corrected chi connectivity index (χ1v) is 13.4. The molecule has 0 bridgehead atoms. The van der Waals surface area contributed by atoms with Crippen molar-refractivity contribution in [2.45, 2.75) is 44.2 Å². The average molecular weight is 492 g/mol. The molecule has 1 fully saturated rings. The number of nitriles is 1. The van der Waals surface area contributed by atoms with Gasteiger partial charge >= 0.3 is 0 Å². The molecule has 0 atom stereocenters. The van der Waals surface area contributed by atoms with Crippen LogP contribution in [0, 0.1) is 25.2 Å². The molecule has 0 spiro atoms. The molecular formula is C26H29N5O3S. The zero-order valence-corrected chi connectivity index (χ0v) is 21.0. The molecule has 2 heterocycles. The SMILES string of the molecule is Cc1cc(C#N)cc(C)c1Oc1ccnc(N(Cc2ccc(S(C)(=O)=O)cc2)C2CCNCC2)n1. The number of hydrogen-bond acceptors (Lipinski definition) is 8. The third-order valence-corrected chi connectivity index (χ3v) is 7.25. The van der Waals surface area contributed by atoms with Crippen LogP contribution in [0.5, 0.6) is 11.6 Å². The topological polar surface area (TPSA) is 108 Å². The van der Waals surface area contributed by atoms with E-state index in [2.05, 4.69) is 21.3 Å². The lowest BCUT2D eigenvalue weighted by Gasteiger charge is -2.35. The maximum Gasteiger partial charge on any atom is 0.229 e. The Morgan fingerprint density at radius 2 is 1.77 bits per heavy atom. The molecule has 0 radical (unpaired) electrons. The van der Waals surface area contributed by atoms with Crippen LogP contribution in [-0.4, -0.2) is 43.8 Å². The molecule has 9 heteroatoms. The van der Waals surface area contributed by atoms with Crippen LogP contribution in [0.2, 0.25) is 0 Å². The summed E-state index contributed by atoms with van der Waals surface area (Å²) in [6, 6.07) is 14.7. The first-order valence-electron chi connectivity index (χ1n) is 11.5. The van der Waals surface area contributed by atoms with Crippen LogP contribution in [0.3, 0.4) is 0 Å². The van der Waals surface area contributed by atoms with E-state index >= 15 is 0 Å². The summed E-state index contributed by atoms with van der Waals surface area (Å²) in [7, 11) is -3.25. The Bertz CT molecular complexity index is 1320. The van der Waals surface area contributed by atoms with E-state index in [9.17, 15) is 13.7 Å². The fourth-order valence-electron chi connectivity index (χ4n) is 4.33. The summed E-state index contributed by atoms with van der Waals surface area (Å²) in [4.78, 5) is 11.8. The van der Waals surface area contributed by atoms with Crippen molar-refractivity contribution in [1.29, 1.82) is 5.26 Å². The molecule has 0 aliphatic carbocycles. The second kappa shape index (κ2) is 10.4. The number of aryl methyl sites for hydroxylation is 2. The molecule has 0 saturated carbocycles. The van der Waals surface area contributed by atoms with E-state index in [1.54, 1.807) is 36.5 Å². The monoisotopic (exact) mass is 491 g/mol. The normalized spacial score (nSPS) is 14.3. The number of hydrogen-bond donors (Lipinski definition) is 1. The van der Waals surface area contributed by atoms with Crippen LogP contribution in [0.4, 0.5) is 5.95 Å². The molecule has 0 unspecified atom stereocenters. The number of nitrogens with zero attached hydrogens (tertiary/aromatic N) is 4. The molecule has 1 aliphatic heterocycles. The van der Waals surface area contributed by atoms with Crippen LogP contribution in [0.25, 0.3) is 0 Å². The van der Waals surface area contributed by atoms with Crippen molar-refractivity contribution < 1.29 is 13.2 Å². The summed E-state index contributed by atoms with van der Waals surface area (Å²) in [5.74, 6) is 1.67. The van der Waals surface area contributed by atoms with Crippen molar-refractivity contribution in [3.63, 3.8) is 0 Å². The third kappa shape index (κ3) is 5.96. The van der Waals surface area contributed by atoms with Crippen molar-refractivity contribution in [1.82, 2.24) is 15.3 Å². The molecule has 1 saturated heterocycles. The molecule has 1 aromatic heterocycles. The van der Waals surface area contributed by atoms with Crippen LogP contribution in [0.1, 0.15) is 35.1 Å². The predicted molar refractivity (Wildman–Crippen MR) is 134 cm³/mol. The minimum absolute atomic E-state index is 0.236. The van der Waals surface area contributed by atoms with Crippen molar-refractivity contribution in [3.8, 4) is 17.7 Å². The van der Waals surface area contributed by atoms with Crippen LogP contribution >= 0.6 is 0 Å². The molecule has 35 heavy (non-hydrogen) atoms. The number of anilines is 1. The lowest BCUT2D eigenvalue weighted by molar-refractivity contribution is 0.418.